The standard InChI is InChI=1S/C14H20BrN3O/c1-9-4-5-18(8-10(9)7-16)13-6-11(15)2-3-12(13)14(17)19/h2-3,6,9-10H,4-5,7-8,16H2,1H3,(H2,17,19). The van der Waals surface area contributed by atoms with Crippen LogP contribution in [0.2, 0.25) is 0 Å². The fourth-order valence-corrected chi connectivity index (χ4v) is 3.00. The van der Waals surface area contributed by atoms with Crippen LogP contribution in [-0.4, -0.2) is 25.5 Å². The molecule has 1 aromatic carbocycles. The Morgan fingerprint density at radius 3 is 2.89 bits per heavy atom. The lowest BCUT2D eigenvalue weighted by Gasteiger charge is -2.38. The molecule has 5 heteroatoms. The minimum absolute atomic E-state index is 0.384. The minimum Gasteiger partial charge on any atom is -0.371 e. The van der Waals surface area contributed by atoms with Crippen LogP contribution < -0.4 is 16.4 Å². The molecule has 2 rings (SSSR count). The van der Waals surface area contributed by atoms with Crippen molar-refractivity contribution < 1.29 is 4.79 Å². The SMILES string of the molecule is CC1CCN(c2cc(Br)ccc2C(N)=O)CC1CN. The molecule has 0 aliphatic carbocycles. The van der Waals surface area contributed by atoms with Gasteiger partial charge in [0.25, 0.3) is 5.91 Å². The fraction of sp³-hybridized carbons (Fsp3) is 0.500. The molecule has 1 aliphatic heterocycles. The van der Waals surface area contributed by atoms with Crippen LogP contribution in [0.25, 0.3) is 0 Å². The minimum atomic E-state index is -0.384. The van der Waals surface area contributed by atoms with Gasteiger partial charge < -0.3 is 16.4 Å². The summed E-state index contributed by atoms with van der Waals surface area (Å²) in [6.07, 6.45) is 1.09. The highest BCUT2D eigenvalue weighted by molar-refractivity contribution is 9.10. The highest BCUT2D eigenvalue weighted by Gasteiger charge is 2.27. The summed E-state index contributed by atoms with van der Waals surface area (Å²) in [4.78, 5) is 13.8. The molecular formula is C14H20BrN3O. The van der Waals surface area contributed by atoms with Crippen LogP contribution in [0, 0.1) is 11.8 Å². The van der Waals surface area contributed by atoms with Gasteiger partial charge in [0.15, 0.2) is 0 Å². The predicted octanol–water partition coefficient (Wildman–Crippen LogP) is 1.97. The summed E-state index contributed by atoms with van der Waals surface area (Å²) in [5.74, 6) is 0.712. The van der Waals surface area contributed by atoms with E-state index in [1.54, 1.807) is 6.07 Å². The molecule has 1 saturated heterocycles. The molecule has 4 N–H and O–H groups in total. The Hall–Kier alpha value is -1.07. The summed E-state index contributed by atoms with van der Waals surface area (Å²) in [5, 5.41) is 0. The number of carbonyl (C=O) groups excluding carboxylic acids is 1. The van der Waals surface area contributed by atoms with Crippen molar-refractivity contribution in [2.24, 2.45) is 23.3 Å². The van der Waals surface area contributed by atoms with Crippen LogP contribution in [-0.2, 0) is 0 Å². The maximum absolute atomic E-state index is 11.5. The van der Waals surface area contributed by atoms with Crippen LogP contribution in [0.3, 0.4) is 0 Å². The molecule has 0 saturated carbocycles. The second-order valence-corrected chi connectivity index (χ2v) is 6.15. The quantitative estimate of drug-likeness (QED) is 0.892. The number of piperidine rings is 1. The van der Waals surface area contributed by atoms with Crippen molar-refractivity contribution in [3.05, 3.63) is 28.2 Å². The number of amides is 1. The van der Waals surface area contributed by atoms with Crippen molar-refractivity contribution in [2.75, 3.05) is 24.5 Å². The number of halogens is 1. The molecule has 1 aliphatic rings. The summed E-state index contributed by atoms with van der Waals surface area (Å²) < 4.78 is 0.954. The molecule has 0 aromatic heterocycles. The molecule has 0 bridgehead atoms. The largest absolute Gasteiger partial charge is 0.371 e. The van der Waals surface area contributed by atoms with E-state index in [-0.39, 0.29) is 5.91 Å². The summed E-state index contributed by atoms with van der Waals surface area (Å²) in [6.45, 7) is 4.74. The average molecular weight is 326 g/mol. The fourth-order valence-electron chi connectivity index (χ4n) is 2.65. The van der Waals surface area contributed by atoms with E-state index in [2.05, 4.69) is 27.8 Å². The van der Waals surface area contributed by atoms with Gasteiger partial charge in [-0.1, -0.05) is 22.9 Å². The second-order valence-electron chi connectivity index (χ2n) is 5.23. The van der Waals surface area contributed by atoms with Gasteiger partial charge in [0, 0.05) is 17.6 Å². The Morgan fingerprint density at radius 2 is 2.26 bits per heavy atom. The van der Waals surface area contributed by atoms with Gasteiger partial charge in [0.05, 0.1) is 11.3 Å². The Bertz CT molecular complexity index is 478. The number of benzene rings is 1. The Labute approximate surface area is 122 Å². The van der Waals surface area contributed by atoms with Gasteiger partial charge in [0.1, 0.15) is 0 Å². The molecule has 1 heterocycles. The summed E-state index contributed by atoms with van der Waals surface area (Å²) >= 11 is 3.45. The maximum atomic E-state index is 11.5. The Kier molecular flexibility index (Phi) is 4.47. The van der Waals surface area contributed by atoms with E-state index >= 15 is 0 Å². The second kappa shape index (κ2) is 5.92. The van der Waals surface area contributed by atoms with Gasteiger partial charge in [-0.25, -0.2) is 0 Å². The number of hydrogen-bond donors (Lipinski definition) is 2. The number of carbonyl (C=O) groups is 1. The van der Waals surface area contributed by atoms with E-state index in [1.165, 1.54) is 0 Å². The Balaban J connectivity index is 2.31. The van der Waals surface area contributed by atoms with Crippen LogP contribution in [0.1, 0.15) is 23.7 Å². The molecule has 19 heavy (non-hydrogen) atoms. The molecule has 0 spiro atoms. The molecule has 2 atom stereocenters. The highest BCUT2D eigenvalue weighted by Crippen LogP contribution is 2.31. The monoisotopic (exact) mass is 325 g/mol. The van der Waals surface area contributed by atoms with Gasteiger partial charge in [-0.15, -0.1) is 0 Å². The van der Waals surface area contributed by atoms with E-state index < -0.39 is 0 Å². The van der Waals surface area contributed by atoms with E-state index in [0.29, 0.717) is 23.9 Å². The number of primary amides is 1. The third-order valence-electron chi connectivity index (χ3n) is 3.98. The summed E-state index contributed by atoms with van der Waals surface area (Å²) in [5.41, 5.74) is 12.8. The van der Waals surface area contributed by atoms with Gasteiger partial charge in [-0.3, -0.25) is 4.79 Å². The van der Waals surface area contributed by atoms with Crippen molar-refractivity contribution >= 4 is 27.5 Å². The first-order valence-electron chi connectivity index (χ1n) is 6.57. The molecular weight excluding hydrogens is 306 g/mol. The number of nitrogens with zero attached hydrogens (tertiary/aromatic N) is 1. The number of anilines is 1. The van der Waals surface area contributed by atoms with Crippen LogP contribution in [0.4, 0.5) is 5.69 Å². The summed E-state index contributed by atoms with van der Waals surface area (Å²) in [6, 6.07) is 5.58. The zero-order chi connectivity index (χ0) is 14.0. The number of hydrogen-bond acceptors (Lipinski definition) is 3. The highest BCUT2D eigenvalue weighted by atomic mass is 79.9. The zero-order valence-corrected chi connectivity index (χ0v) is 12.7. The van der Waals surface area contributed by atoms with Gasteiger partial charge in [-0.05, 0) is 43.0 Å². The van der Waals surface area contributed by atoms with Crippen molar-refractivity contribution in [1.82, 2.24) is 0 Å². The number of nitrogens with two attached hydrogens (primary N) is 2. The van der Waals surface area contributed by atoms with Crippen molar-refractivity contribution in [3.63, 3.8) is 0 Å². The van der Waals surface area contributed by atoms with Crippen LogP contribution in [0.5, 0.6) is 0 Å². The lowest BCUT2D eigenvalue weighted by molar-refractivity contribution is 0.100. The Morgan fingerprint density at radius 1 is 1.53 bits per heavy atom. The van der Waals surface area contributed by atoms with Crippen molar-refractivity contribution in [2.45, 2.75) is 13.3 Å². The van der Waals surface area contributed by atoms with Gasteiger partial charge in [-0.2, -0.15) is 0 Å². The van der Waals surface area contributed by atoms with E-state index in [9.17, 15) is 4.79 Å². The molecule has 1 fully saturated rings. The molecule has 0 radical (unpaired) electrons. The average Bonchev–Trinajstić information content (AvgIpc) is 2.38. The number of rotatable bonds is 3. The van der Waals surface area contributed by atoms with Crippen molar-refractivity contribution in [3.8, 4) is 0 Å². The first-order valence-corrected chi connectivity index (χ1v) is 7.36. The molecule has 2 unspecified atom stereocenters. The molecule has 1 amide bonds. The van der Waals surface area contributed by atoms with Crippen LogP contribution in [0.15, 0.2) is 22.7 Å². The molecule has 1 aromatic rings. The van der Waals surface area contributed by atoms with E-state index in [1.807, 2.05) is 12.1 Å². The van der Waals surface area contributed by atoms with Gasteiger partial charge >= 0.3 is 0 Å². The molecule has 104 valence electrons. The predicted molar refractivity (Wildman–Crippen MR) is 81.2 cm³/mol. The first-order chi connectivity index (χ1) is 9.02. The first kappa shape index (κ1) is 14.3. The lowest BCUT2D eigenvalue weighted by atomic mass is 9.86. The van der Waals surface area contributed by atoms with E-state index in [0.717, 1.165) is 29.7 Å². The van der Waals surface area contributed by atoms with Gasteiger partial charge in [0.2, 0.25) is 0 Å². The third-order valence-corrected chi connectivity index (χ3v) is 4.48. The topological polar surface area (TPSA) is 72.3 Å². The zero-order valence-electron chi connectivity index (χ0n) is 11.1. The normalized spacial score (nSPS) is 23.4. The molecule has 4 nitrogen and oxygen atoms in total. The maximum Gasteiger partial charge on any atom is 0.250 e. The summed E-state index contributed by atoms with van der Waals surface area (Å²) in [7, 11) is 0. The third kappa shape index (κ3) is 3.09. The lowest BCUT2D eigenvalue weighted by Crippen LogP contribution is -2.43. The van der Waals surface area contributed by atoms with E-state index in [4.69, 9.17) is 11.5 Å². The van der Waals surface area contributed by atoms with Crippen molar-refractivity contribution in [1.29, 1.82) is 0 Å². The smallest absolute Gasteiger partial charge is 0.250 e. The van der Waals surface area contributed by atoms with Crippen LogP contribution >= 0.6 is 15.9 Å².